The molecule has 1 unspecified atom stereocenters. The molecule has 4 nitrogen and oxygen atoms in total. The molecule has 1 N–H and O–H groups in total. The average molecular weight is 307 g/mol. The van der Waals surface area contributed by atoms with Gasteiger partial charge in [-0.2, -0.15) is 4.98 Å². The molecule has 0 radical (unpaired) electrons. The maximum atomic E-state index is 10.2. The molecule has 5 heteroatoms. The summed E-state index contributed by atoms with van der Waals surface area (Å²) in [6.45, 7) is 0. The quantitative estimate of drug-likeness (QED) is 0.919. The molecule has 2 aromatic rings. The van der Waals surface area contributed by atoms with Gasteiger partial charge in [-0.1, -0.05) is 41.7 Å². The molecular weight excluding hydrogens is 288 g/mol. The Kier molecular flexibility index (Phi) is 4.56. The third kappa shape index (κ3) is 3.83. The van der Waals surface area contributed by atoms with Gasteiger partial charge in [0, 0.05) is 11.4 Å². The van der Waals surface area contributed by atoms with Crippen LogP contribution in [0.2, 0.25) is 5.02 Å². The highest BCUT2D eigenvalue weighted by Gasteiger charge is 2.25. The summed E-state index contributed by atoms with van der Waals surface area (Å²) in [6, 6.07) is 7.60. The van der Waals surface area contributed by atoms with E-state index in [9.17, 15) is 5.11 Å². The Balaban J connectivity index is 1.59. The number of hydrogen-bond donors (Lipinski definition) is 1. The van der Waals surface area contributed by atoms with Crippen molar-refractivity contribution in [3.8, 4) is 0 Å². The zero-order valence-electron chi connectivity index (χ0n) is 11.8. The number of aliphatic hydroxyl groups excluding tert-OH is 1. The van der Waals surface area contributed by atoms with Gasteiger partial charge in [0.1, 0.15) is 0 Å². The molecule has 0 amide bonds. The number of hydrogen-bond acceptors (Lipinski definition) is 4. The first-order valence-corrected chi connectivity index (χ1v) is 7.82. The number of nitrogens with zero attached hydrogens (tertiary/aromatic N) is 2. The molecule has 1 saturated carbocycles. The summed E-state index contributed by atoms with van der Waals surface area (Å²) in [5.74, 6) is 1.56. The van der Waals surface area contributed by atoms with Gasteiger partial charge < -0.3 is 9.63 Å². The molecule has 0 aliphatic heterocycles. The van der Waals surface area contributed by atoms with Gasteiger partial charge in [-0.05, 0) is 36.5 Å². The van der Waals surface area contributed by atoms with E-state index in [1.807, 2.05) is 24.3 Å². The topological polar surface area (TPSA) is 59.2 Å². The van der Waals surface area contributed by atoms with Gasteiger partial charge in [0.2, 0.25) is 5.89 Å². The van der Waals surface area contributed by atoms with Crippen molar-refractivity contribution < 1.29 is 9.63 Å². The highest BCUT2D eigenvalue weighted by atomic mass is 35.5. The second-order valence-electron chi connectivity index (χ2n) is 5.72. The van der Waals surface area contributed by atoms with Gasteiger partial charge >= 0.3 is 0 Å². The molecule has 0 saturated heterocycles. The Labute approximate surface area is 129 Å². The second kappa shape index (κ2) is 6.58. The fraction of sp³-hybridized carbons (Fsp3) is 0.500. The summed E-state index contributed by atoms with van der Waals surface area (Å²) in [6.07, 6.45) is 5.34. The van der Waals surface area contributed by atoms with Crippen LogP contribution >= 0.6 is 11.6 Å². The predicted octanol–water partition coefficient (Wildman–Crippen LogP) is 3.41. The van der Waals surface area contributed by atoms with Crippen LogP contribution < -0.4 is 0 Å². The van der Waals surface area contributed by atoms with E-state index in [1.165, 1.54) is 12.8 Å². The number of aliphatic hydroxyl groups is 1. The molecular formula is C16H19ClN2O2. The lowest BCUT2D eigenvalue weighted by molar-refractivity contribution is 0.102. The minimum Gasteiger partial charge on any atom is -0.392 e. The average Bonchev–Trinajstić information content (AvgIpc) is 3.13. The first kappa shape index (κ1) is 14.5. The van der Waals surface area contributed by atoms with E-state index in [1.54, 1.807) is 0 Å². The Morgan fingerprint density at radius 2 is 1.95 bits per heavy atom. The zero-order chi connectivity index (χ0) is 14.7. The Morgan fingerprint density at radius 3 is 2.67 bits per heavy atom. The van der Waals surface area contributed by atoms with Crippen molar-refractivity contribution in [2.45, 2.75) is 44.6 Å². The zero-order valence-corrected chi connectivity index (χ0v) is 12.6. The molecule has 1 fully saturated rings. The van der Waals surface area contributed by atoms with E-state index in [-0.39, 0.29) is 6.10 Å². The highest BCUT2D eigenvalue weighted by molar-refractivity contribution is 6.30. The molecule has 1 aliphatic carbocycles. The van der Waals surface area contributed by atoms with Crippen LogP contribution in [0.3, 0.4) is 0 Å². The van der Waals surface area contributed by atoms with Crippen LogP contribution in [-0.4, -0.2) is 21.4 Å². The highest BCUT2D eigenvalue weighted by Crippen LogP contribution is 2.29. The molecule has 1 aliphatic rings. The fourth-order valence-electron chi connectivity index (χ4n) is 2.92. The maximum Gasteiger partial charge on any atom is 0.229 e. The lowest BCUT2D eigenvalue weighted by atomic mass is 9.98. The standard InChI is InChI=1S/C16H19ClN2O2/c17-13-7-5-11(6-8-13)9-15-18-16(21-19-15)10-14(20)12-3-1-2-4-12/h5-8,12,14,20H,1-4,9-10H2. The largest absolute Gasteiger partial charge is 0.392 e. The van der Waals surface area contributed by atoms with Crippen LogP contribution in [0.5, 0.6) is 0 Å². The Hall–Kier alpha value is -1.39. The maximum absolute atomic E-state index is 10.2. The molecule has 1 heterocycles. The first-order valence-electron chi connectivity index (χ1n) is 7.44. The minimum atomic E-state index is -0.365. The van der Waals surface area contributed by atoms with Crippen LogP contribution in [0, 0.1) is 5.92 Å². The lowest BCUT2D eigenvalue weighted by Crippen LogP contribution is -2.20. The van der Waals surface area contributed by atoms with Crippen LogP contribution in [0.15, 0.2) is 28.8 Å². The van der Waals surface area contributed by atoms with Gasteiger partial charge in [-0.3, -0.25) is 0 Å². The molecule has 21 heavy (non-hydrogen) atoms. The van der Waals surface area contributed by atoms with Gasteiger partial charge in [-0.15, -0.1) is 0 Å². The summed E-state index contributed by atoms with van der Waals surface area (Å²) in [5.41, 5.74) is 1.09. The number of rotatable bonds is 5. The Morgan fingerprint density at radius 1 is 1.24 bits per heavy atom. The van der Waals surface area contributed by atoms with E-state index in [0.29, 0.717) is 35.5 Å². The first-order chi connectivity index (χ1) is 10.2. The molecule has 0 bridgehead atoms. The lowest BCUT2D eigenvalue weighted by Gasteiger charge is -2.14. The summed E-state index contributed by atoms with van der Waals surface area (Å²) >= 11 is 5.86. The van der Waals surface area contributed by atoms with E-state index in [0.717, 1.165) is 18.4 Å². The third-order valence-electron chi connectivity index (χ3n) is 4.11. The second-order valence-corrected chi connectivity index (χ2v) is 6.16. The molecule has 1 aromatic carbocycles. The number of benzene rings is 1. The van der Waals surface area contributed by atoms with E-state index >= 15 is 0 Å². The number of halogens is 1. The Bertz CT molecular complexity index is 576. The molecule has 1 atom stereocenters. The summed E-state index contributed by atoms with van der Waals surface area (Å²) in [4.78, 5) is 4.37. The number of aromatic nitrogens is 2. The minimum absolute atomic E-state index is 0.365. The van der Waals surface area contributed by atoms with Crippen molar-refractivity contribution in [1.82, 2.24) is 10.1 Å². The van der Waals surface area contributed by atoms with E-state index < -0.39 is 0 Å². The van der Waals surface area contributed by atoms with E-state index in [4.69, 9.17) is 16.1 Å². The normalized spacial score (nSPS) is 17.2. The van der Waals surface area contributed by atoms with Crippen molar-refractivity contribution in [3.05, 3.63) is 46.6 Å². The van der Waals surface area contributed by atoms with Gasteiger partial charge in [-0.25, -0.2) is 0 Å². The van der Waals surface area contributed by atoms with Crippen LogP contribution in [0.1, 0.15) is 43.0 Å². The van der Waals surface area contributed by atoms with Crippen molar-refractivity contribution in [2.75, 3.05) is 0 Å². The van der Waals surface area contributed by atoms with Gasteiger partial charge in [0.15, 0.2) is 5.82 Å². The smallest absolute Gasteiger partial charge is 0.229 e. The summed E-state index contributed by atoms with van der Waals surface area (Å²) in [7, 11) is 0. The predicted molar refractivity (Wildman–Crippen MR) is 80.2 cm³/mol. The third-order valence-corrected chi connectivity index (χ3v) is 4.37. The fourth-order valence-corrected chi connectivity index (χ4v) is 3.04. The summed E-state index contributed by atoms with van der Waals surface area (Å²) < 4.78 is 5.24. The molecule has 0 spiro atoms. The molecule has 1 aromatic heterocycles. The van der Waals surface area contributed by atoms with Crippen molar-refractivity contribution in [3.63, 3.8) is 0 Å². The van der Waals surface area contributed by atoms with Crippen molar-refractivity contribution in [1.29, 1.82) is 0 Å². The van der Waals surface area contributed by atoms with Crippen LogP contribution in [-0.2, 0) is 12.8 Å². The van der Waals surface area contributed by atoms with Crippen LogP contribution in [0.25, 0.3) is 0 Å². The van der Waals surface area contributed by atoms with Gasteiger partial charge in [0.05, 0.1) is 12.5 Å². The van der Waals surface area contributed by atoms with Crippen LogP contribution in [0.4, 0.5) is 0 Å². The molecule has 112 valence electrons. The summed E-state index contributed by atoms with van der Waals surface area (Å²) in [5, 5.41) is 14.9. The van der Waals surface area contributed by atoms with E-state index in [2.05, 4.69) is 10.1 Å². The SMILES string of the molecule is OC(Cc1nc(Cc2ccc(Cl)cc2)no1)C1CCCC1. The molecule has 3 rings (SSSR count). The van der Waals surface area contributed by atoms with Crippen molar-refractivity contribution in [2.24, 2.45) is 5.92 Å². The monoisotopic (exact) mass is 306 g/mol. The van der Waals surface area contributed by atoms with Crippen molar-refractivity contribution >= 4 is 11.6 Å². The van der Waals surface area contributed by atoms with Gasteiger partial charge in [0.25, 0.3) is 0 Å².